The molecule has 0 saturated heterocycles. The molecule has 2 heterocycles. The van der Waals surface area contributed by atoms with Crippen molar-refractivity contribution in [1.29, 1.82) is 0 Å². The topological polar surface area (TPSA) is 81.9 Å². The van der Waals surface area contributed by atoms with Gasteiger partial charge in [-0.1, -0.05) is 25.0 Å². The molecule has 0 bridgehead atoms. The van der Waals surface area contributed by atoms with Crippen LogP contribution in [0.2, 0.25) is 0 Å². The molecule has 4 aromatic rings. The molecule has 1 aliphatic carbocycles. The summed E-state index contributed by atoms with van der Waals surface area (Å²) >= 11 is 0. The summed E-state index contributed by atoms with van der Waals surface area (Å²) in [6, 6.07) is 13.8. The zero-order chi connectivity index (χ0) is 22.9. The lowest BCUT2D eigenvalue weighted by molar-refractivity contribution is 0.0665. The standard InChI is InChI=1S/C25H27N5O3/c1-16-8-9-17-13-19(24-26-27-28-30(24)21(17)12-16)15-29(20-6-4-5-7-20)25(31)18-10-11-22(32-2)23(14-18)33-3/h8-14,20H,4-7,15H2,1-3H3. The molecule has 0 atom stereocenters. The first kappa shape index (κ1) is 21.2. The van der Waals surface area contributed by atoms with Crippen molar-refractivity contribution in [2.45, 2.75) is 45.2 Å². The Bertz CT molecular complexity index is 1330. The summed E-state index contributed by atoms with van der Waals surface area (Å²) in [5, 5.41) is 13.5. The fraction of sp³-hybridized carbons (Fsp3) is 0.360. The molecule has 0 spiro atoms. The van der Waals surface area contributed by atoms with Gasteiger partial charge in [0.1, 0.15) is 0 Å². The van der Waals surface area contributed by atoms with Crippen LogP contribution in [0, 0.1) is 6.92 Å². The zero-order valence-electron chi connectivity index (χ0n) is 19.1. The molecular weight excluding hydrogens is 418 g/mol. The van der Waals surface area contributed by atoms with Gasteiger partial charge in [0.05, 0.1) is 26.3 Å². The van der Waals surface area contributed by atoms with Crippen molar-refractivity contribution in [1.82, 2.24) is 24.9 Å². The van der Waals surface area contributed by atoms with E-state index in [1.807, 2.05) is 11.8 Å². The monoisotopic (exact) mass is 445 g/mol. The van der Waals surface area contributed by atoms with Crippen molar-refractivity contribution < 1.29 is 14.3 Å². The number of aromatic nitrogens is 4. The van der Waals surface area contributed by atoms with E-state index in [4.69, 9.17) is 9.47 Å². The third kappa shape index (κ3) is 3.86. The van der Waals surface area contributed by atoms with Crippen molar-refractivity contribution in [3.05, 3.63) is 59.2 Å². The van der Waals surface area contributed by atoms with E-state index in [1.54, 1.807) is 36.9 Å². The Labute approximate surface area is 192 Å². The number of ether oxygens (including phenoxy) is 2. The molecule has 1 fully saturated rings. The number of carbonyl (C=O) groups excluding carboxylic acids is 1. The number of pyridine rings is 1. The Kier molecular flexibility index (Phi) is 5.58. The number of carbonyl (C=O) groups is 1. The summed E-state index contributed by atoms with van der Waals surface area (Å²) in [6.45, 7) is 2.48. The van der Waals surface area contributed by atoms with Gasteiger partial charge in [-0.25, -0.2) is 0 Å². The highest BCUT2D eigenvalue weighted by atomic mass is 16.5. The van der Waals surface area contributed by atoms with Gasteiger partial charge in [0, 0.05) is 22.6 Å². The summed E-state index contributed by atoms with van der Waals surface area (Å²) in [7, 11) is 3.16. The summed E-state index contributed by atoms with van der Waals surface area (Å²) < 4.78 is 12.5. The molecule has 8 heteroatoms. The van der Waals surface area contributed by atoms with Crippen LogP contribution in [0.3, 0.4) is 0 Å². The summed E-state index contributed by atoms with van der Waals surface area (Å²) in [6.07, 6.45) is 4.23. The lowest BCUT2D eigenvalue weighted by Crippen LogP contribution is -2.38. The molecule has 0 aliphatic heterocycles. The summed E-state index contributed by atoms with van der Waals surface area (Å²) in [4.78, 5) is 15.7. The highest BCUT2D eigenvalue weighted by Crippen LogP contribution is 2.32. The number of hydrogen-bond donors (Lipinski definition) is 0. The van der Waals surface area contributed by atoms with Gasteiger partial charge in [0.2, 0.25) is 0 Å². The number of rotatable bonds is 6. The quantitative estimate of drug-likeness (QED) is 0.443. The molecule has 2 aromatic carbocycles. The molecule has 1 saturated carbocycles. The third-order valence-electron chi connectivity index (χ3n) is 6.50. The van der Waals surface area contributed by atoms with E-state index in [0.29, 0.717) is 29.3 Å². The first-order chi connectivity index (χ1) is 16.1. The lowest BCUT2D eigenvalue weighted by Gasteiger charge is -2.29. The van der Waals surface area contributed by atoms with Gasteiger partial charge in [-0.3, -0.25) is 4.79 Å². The number of amides is 1. The van der Waals surface area contributed by atoms with Crippen LogP contribution in [-0.2, 0) is 6.54 Å². The van der Waals surface area contributed by atoms with Crippen LogP contribution >= 0.6 is 0 Å². The SMILES string of the molecule is COc1ccc(C(=O)N(Cc2cc3ccc(C)cc3n3nnnc23)C2CCCC2)cc1OC. The van der Waals surface area contributed by atoms with Gasteiger partial charge in [-0.2, -0.15) is 4.52 Å². The Balaban J connectivity index is 1.56. The normalized spacial score (nSPS) is 14.2. The van der Waals surface area contributed by atoms with Crippen LogP contribution in [0.5, 0.6) is 11.5 Å². The summed E-state index contributed by atoms with van der Waals surface area (Å²) in [5.41, 5.74) is 4.28. The van der Waals surface area contributed by atoms with Crippen LogP contribution in [0.25, 0.3) is 16.6 Å². The van der Waals surface area contributed by atoms with Gasteiger partial charge in [-0.15, -0.1) is 5.10 Å². The predicted molar refractivity (Wildman–Crippen MR) is 125 cm³/mol. The molecule has 0 N–H and O–H groups in total. The van der Waals surface area contributed by atoms with Crippen molar-refractivity contribution in [2.75, 3.05) is 14.2 Å². The number of hydrogen-bond acceptors (Lipinski definition) is 6. The van der Waals surface area contributed by atoms with Crippen LogP contribution in [0.4, 0.5) is 0 Å². The highest BCUT2D eigenvalue weighted by molar-refractivity contribution is 5.95. The molecule has 5 rings (SSSR count). The molecular formula is C25H27N5O3. The fourth-order valence-electron chi connectivity index (χ4n) is 4.78. The van der Waals surface area contributed by atoms with E-state index in [-0.39, 0.29) is 11.9 Å². The van der Waals surface area contributed by atoms with Gasteiger partial charge in [0.15, 0.2) is 17.1 Å². The minimum Gasteiger partial charge on any atom is -0.493 e. The van der Waals surface area contributed by atoms with E-state index in [2.05, 4.69) is 39.8 Å². The van der Waals surface area contributed by atoms with E-state index >= 15 is 0 Å². The van der Waals surface area contributed by atoms with Gasteiger partial charge in [-0.05, 0) is 66.1 Å². The minimum atomic E-state index is -0.0301. The van der Waals surface area contributed by atoms with Crippen LogP contribution in [0.1, 0.15) is 47.2 Å². The van der Waals surface area contributed by atoms with Crippen LogP contribution in [-0.4, -0.2) is 51.1 Å². The Morgan fingerprint density at radius 1 is 1.06 bits per heavy atom. The Morgan fingerprint density at radius 2 is 1.85 bits per heavy atom. The third-order valence-corrected chi connectivity index (χ3v) is 6.50. The second-order valence-corrected chi connectivity index (χ2v) is 8.59. The highest BCUT2D eigenvalue weighted by Gasteiger charge is 2.29. The van der Waals surface area contributed by atoms with E-state index < -0.39 is 0 Å². The largest absolute Gasteiger partial charge is 0.493 e. The number of tetrazole rings is 1. The molecule has 0 unspecified atom stereocenters. The first-order valence-electron chi connectivity index (χ1n) is 11.2. The Hall–Kier alpha value is -3.68. The average molecular weight is 446 g/mol. The van der Waals surface area contributed by atoms with Crippen molar-refractivity contribution >= 4 is 22.5 Å². The van der Waals surface area contributed by atoms with E-state index in [9.17, 15) is 4.79 Å². The van der Waals surface area contributed by atoms with Crippen LogP contribution in [0.15, 0.2) is 42.5 Å². The second kappa shape index (κ2) is 8.69. The molecule has 8 nitrogen and oxygen atoms in total. The number of methoxy groups -OCH3 is 2. The van der Waals surface area contributed by atoms with Crippen molar-refractivity contribution in [3.63, 3.8) is 0 Å². The molecule has 170 valence electrons. The maximum atomic E-state index is 13.8. The maximum Gasteiger partial charge on any atom is 0.254 e. The average Bonchev–Trinajstić information content (AvgIpc) is 3.54. The van der Waals surface area contributed by atoms with Gasteiger partial charge in [0.25, 0.3) is 5.91 Å². The van der Waals surface area contributed by atoms with Crippen LogP contribution < -0.4 is 9.47 Å². The molecule has 2 aromatic heterocycles. The van der Waals surface area contributed by atoms with Gasteiger partial charge < -0.3 is 14.4 Å². The molecule has 0 radical (unpaired) electrons. The lowest BCUT2D eigenvalue weighted by atomic mass is 10.1. The number of benzene rings is 2. The van der Waals surface area contributed by atoms with Crippen molar-refractivity contribution in [3.8, 4) is 11.5 Å². The van der Waals surface area contributed by atoms with E-state index in [0.717, 1.165) is 47.7 Å². The van der Waals surface area contributed by atoms with Gasteiger partial charge >= 0.3 is 0 Å². The minimum absolute atomic E-state index is 0.0301. The number of aryl methyl sites for hydroxylation is 1. The fourth-order valence-corrected chi connectivity index (χ4v) is 4.78. The maximum absolute atomic E-state index is 13.8. The Morgan fingerprint density at radius 3 is 2.61 bits per heavy atom. The second-order valence-electron chi connectivity index (χ2n) is 8.59. The molecule has 33 heavy (non-hydrogen) atoms. The predicted octanol–water partition coefficient (Wildman–Crippen LogP) is 4.19. The summed E-state index contributed by atoms with van der Waals surface area (Å²) in [5.74, 6) is 1.11. The number of fused-ring (bicyclic) bond motifs is 3. The van der Waals surface area contributed by atoms with E-state index in [1.165, 1.54) is 0 Å². The van der Waals surface area contributed by atoms with Crippen molar-refractivity contribution in [2.24, 2.45) is 0 Å². The molecule has 1 aliphatic rings. The smallest absolute Gasteiger partial charge is 0.254 e. The number of nitrogens with zero attached hydrogens (tertiary/aromatic N) is 5. The molecule has 1 amide bonds. The zero-order valence-corrected chi connectivity index (χ0v) is 19.1. The first-order valence-corrected chi connectivity index (χ1v) is 11.2.